The number of anilines is 1. The summed E-state index contributed by atoms with van der Waals surface area (Å²) in [6.45, 7) is 7.63. The zero-order chi connectivity index (χ0) is 15.5. The Labute approximate surface area is 126 Å². The van der Waals surface area contributed by atoms with E-state index in [1.165, 1.54) is 0 Å². The molecule has 3 N–H and O–H groups in total. The first-order valence-electron chi connectivity index (χ1n) is 7.46. The van der Waals surface area contributed by atoms with Gasteiger partial charge in [-0.25, -0.2) is 9.97 Å². The Bertz CT molecular complexity index is 463. The van der Waals surface area contributed by atoms with Crippen molar-refractivity contribution in [3.05, 3.63) is 18.5 Å². The molecule has 6 heteroatoms. The van der Waals surface area contributed by atoms with Crippen LogP contribution in [-0.2, 0) is 4.79 Å². The van der Waals surface area contributed by atoms with Gasteiger partial charge in [0.05, 0.1) is 6.04 Å². The summed E-state index contributed by atoms with van der Waals surface area (Å²) in [7, 11) is 0. The number of hydrogen-bond donors (Lipinski definition) is 2. The van der Waals surface area contributed by atoms with Crippen molar-refractivity contribution in [3.8, 4) is 0 Å². The zero-order valence-corrected chi connectivity index (χ0v) is 13.0. The van der Waals surface area contributed by atoms with Gasteiger partial charge in [-0.3, -0.25) is 4.79 Å². The highest BCUT2D eigenvalue weighted by atomic mass is 16.2. The first-order valence-corrected chi connectivity index (χ1v) is 7.46. The number of hydrogen-bond acceptors (Lipinski definition) is 5. The monoisotopic (exact) mass is 291 g/mol. The molecular formula is C15H25N5O. The summed E-state index contributed by atoms with van der Waals surface area (Å²) in [6.07, 6.45) is 5.28. The number of carbonyl (C=O) groups excluding carboxylic acids is 1. The van der Waals surface area contributed by atoms with Crippen LogP contribution >= 0.6 is 0 Å². The van der Waals surface area contributed by atoms with Crippen LogP contribution in [0.2, 0.25) is 0 Å². The average molecular weight is 291 g/mol. The van der Waals surface area contributed by atoms with E-state index in [2.05, 4.69) is 20.2 Å². The Morgan fingerprint density at radius 3 is 2.43 bits per heavy atom. The highest BCUT2D eigenvalue weighted by molar-refractivity contribution is 5.82. The van der Waals surface area contributed by atoms with Gasteiger partial charge in [-0.1, -0.05) is 20.8 Å². The molecule has 2 rings (SSSR count). The molecule has 1 atom stereocenters. The largest absolute Gasteiger partial charge is 0.352 e. The quantitative estimate of drug-likeness (QED) is 0.865. The summed E-state index contributed by atoms with van der Waals surface area (Å²) < 4.78 is 0. The van der Waals surface area contributed by atoms with Crippen LogP contribution < -0.4 is 16.0 Å². The maximum atomic E-state index is 12.1. The van der Waals surface area contributed by atoms with E-state index >= 15 is 0 Å². The molecule has 21 heavy (non-hydrogen) atoms. The third-order valence-electron chi connectivity index (χ3n) is 3.89. The fourth-order valence-corrected chi connectivity index (χ4v) is 2.36. The number of rotatable bonds is 3. The molecule has 1 aromatic heterocycles. The standard InChI is InChI=1S/C15H25N5O/c1-15(2,3)12(16)13(21)19-11-5-9-20(10-6-11)14-17-7-4-8-18-14/h4,7-8,11-12H,5-6,9-10,16H2,1-3H3,(H,19,21). The van der Waals surface area contributed by atoms with E-state index in [1.54, 1.807) is 12.4 Å². The normalized spacial score (nSPS) is 18.4. The third-order valence-corrected chi connectivity index (χ3v) is 3.89. The van der Waals surface area contributed by atoms with Crippen molar-refractivity contribution in [2.45, 2.75) is 45.7 Å². The fourth-order valence-electron chi connectivity index (χ4n) is 2.36. The van der Waals surface area contributed by atoms with E-state index in [9.17, 15) is 4.79 Å². The van der Waals surface area contributed by atoms with Crippen molar-refractivity contribution in [3.63, 3.8) is 0 Å². The van der Waals surface area contributed by atoms with Gasteiger partial charge in [0.25, 0.3) is 0 Å². The molecule has 2 heterocycles. The molecule has 1 saturated heterocycles. The van der Waals surface area contributed by atoms with Crippen molar-refractivity contribution in [2.75, 3.05) is 18.0 Å². The minimum Gasteiger partial charge on any atom is -0.352 e. The van der Waals surface area contributed by atoms with Crippen LogP contribution in [0, 0.1) is 5.41 Å². The maximum absolute atomic E-state index is 12.1. The molecule has 0 aliphatic carbocycles. The molecule has 0 spiro atoms. The van der Waals surface area contributed by atoms with Crippen LogP contribution in [-0.4, -0.2) is 41.0 Å². The number of nitrogens with one attached hydrogen (secondary N) is 1. The van der Waals surface area contributed by atoms with Gasteiger partial charge in [-0.05, 0) is 24.3 Å². The van der Waals surface area contributed by atoms with Gasteiger partial charge in [-0.2, -0.15) is 0 Å². The Balaban J connectivity index is 1.83. The Morgan fingerprint density at radius 1 is 1.33 bits per heavy atom. The Morgan fingerprint density at radius 2 is 1.90 bits per heavy atom. The van der Waals surface area contributed by atoms with Gasteiger partial charge in [0, 0.05) is 31.5 Å². The maximum Gasteiger partial charge on any atom is 0.237 e. The van der Waals surface area contributed by atoms with Crippen LogP contribution in [0.4, 0.5) is 5.95 Å². The van der Waals surface area contributed by atoms with Gasteiger partial charge in [0.1, 0.15) is 0 Å². The zero-order valence-electron chi connectivity index (χ0n) is 13.0. The second-order valence-corrected chi connectivity index (χ2v) is 6.66. The lowest BCUT2D eigenvalue weighted by Gasteiger charge is -2.34. The third kappa shape index (κ3) is 4.14. The summed E-state index contributed by atoms with van der Waals surface area (Å²) in [5, 5.41) is 3.07. The summed E-state index contributed by atoms with van der Waals surface area (Å²) in [4.78, 5) is 22.8. The van der Waals surface area contributed by atoms with Crippen LogP contribution in [0.25, 0.3) is 0 Å². The molecule has 0 saturated carbocycles. The number of piperidine rings is 1. The molecule has 6 nitrogen and oxygen atoms in total. The molecule has 1 aliphatic rings. The predicted octanol–water partition coefficient (Wildman–Crippen LogP) is 0.935. The van der Waals surface area contributed by atoms with Crippen LogP contribution in [0.5, 0.6) is 0 Å². The molecule has 1 aliphatic heterocycles. The molecule has 1 amide bonds. The van der Waals surface area contributed by atoms with Gasteiger partial charge in [0.15, 0.2) is 0 Å². The molecule has 1 fully saturated rings. The molecule has 116 valence electrons. The fraction of sp³-hybridized carbons (Fsp3) is 0.667. The van der Waals surface area contributed by atoms with Gasteiger partial charge < -0.3 is 16.0 Å². The van der Waals surface area contributed by atoms with Crippen molar-refractivity contribution < 1.29 is 4.79 Å². The molecule has 0 radical (unpaired) electrons. The molecule has 0 aromatic carbocycles. The van der Waals surface area contributed by atoms with Crippen molar-refractivity contribution >= 4 is 11.9 Å². The Hall–Kier alpha value is -1.69. The van der Waals surface area contributed by atoms with E-state index in [0.717, 1.165) is 31.9 Å². The second kappa shape index (κ2) is 6.39. The van der Waals surface area contributed by atoms with Gasteiger partial charge in [-0.15, -0.1) is 0 Å². The van der Waals surface area contributed by atoms with Crippen LogP contribution in [0.1, 0.15) is 33.6 Å². The highest BCUT2D eigenvalue weighted by Crippen LogP contribution is 2.19. The SMILES string of the molecule is CC(C)(C)C(N)C(=O)NC1CCN(c2ncccn2)CC1. The number of aromatic nitrogens is 2. The molecule has 1 unspecified atom stereocenters. The van der Waals surface area contributed by atoms with Crippen molar-refractivity contribution in [2.24, 2.45) is 11.1 Å². The minimum atomic E-state index is -0.479. The summed E-state index contributed by atoms with van der Waals surface area (Å²) in [6, 6.07) is 1.52. The first-order chi connectivity index (χ1) is 9.88. The van der Waals surface area contributed by atoms with Crippen molar-refractivity contribution in [1.82, 2.24) is 15.3 Å². The summed E-state index contributed by atoms with van der Waals surface area (Å²) in [5.41, 5.74) is 5.77. The van der Waals surface area contributed by atoms with E-state index in [0.29, 0.717) is 0 Å². The second-order valence-electron chi connectivity index (χ2n) is 6.66. The summed E-state index contributed by atoms with van der Waals surface area (Å²) in [5.74, 6) is 0.700. The van der Waals surface area contributed by atoms with Gasteiger partial charge >= 0.3 is 0 Å². The topological polar surface area (TPSA) is 84.1 Å². The molecular weight excluding hydrogens is 266 g/mol. The lowest BCUT2D eigenvalue weighted by Crippen LogP contribution is -2.53. The van der Waals surface area contributed by atoms with Crippen LogP contribution in [0.3, 0.4) is 0 Å². The summed E-state index contributed by atoms with van der Waals surface area (Å²) >= 11 is 0. The first kappa shape index (κ1) is 15.7. The number of carbonyl (C=O) groups is 1. The number of amides is 1. The van der Waals surface area contributed by atoms with E-state index in [-0.39, 0.29) is 17.4 Å². The molecule has 1 aromatic rings. The predicted molar refractivity (Wildman–Crippen MR) is 82.8 cm³/mol. The highest BCUT2D eigenvalue weighted by Gasteiger charge is 2.30. The van der Waals surface area contributed by atoms with Crippen molar-refractivity contribution in [1.29, 1.82) is 0 Å². The van der Waals surface area contributed by atoms with Gasteiger partial charge in [0.2, 0.25) is 11.9 Å². The lowest BCUT2D eigenvalue weighted by atomic mass is 9.86. The minimum absolute atomic E-state index is 0.0584. The average Bonchev–Trinajstić information content (AvgIpc) is 2.47. The number of nitrogens with zero attached hydrogens (tertiary/aromatic N) is 3. The lowest BCUT2D eigenvalue weighted by molar-refractivity contribution is -0.125. The number of nitrogens with two attached hydrogens (primary N) is 1. The Kier molecular flexibility index (Phi) is 4.77. The smallest absolute Gasteiger partial charge is 0.237 e. The van der Waals surface area contributed by atoms with E-state index < -0.39 is 6.04 Å². The van der Waals surface area contributed by atoms with Crippen LogP contribution in [0.15, 0.2) is 18.5 Å². The molecule has 0 bridgehead atoms. The van der Waals surface area contributed by atoms with E-state index in [4.69, 9.17) is 5.73 Å². The van der Waals surface area contributed by atoms with E-state index in [1.807, 2.05) is 26.8 Å².